The first-order valence-corrected chi connectivity index (χ1v) is 10.8. The number of rotatable bonds is 6. The number of nitrogen functional groups attached to an aromatic ring is 2. The number of anilines is 2. The Labute approximate surface area is 175 Å². The molecule has 150 valence electrons. The van der Waals surface area contributed by atoms with Crippen molar-refractivity contribution >= 4 is 29.8 Å². The van der Waals surface area contributed by atoms with Gasteiger partial charge in [-0.1, -0.05) is 48.5 Å². The SMILES string of the molecule is Nc1cccc([PH](=O)c2cccc(N)c2Oc2ccccc2)c1Oc1ccccc1. The molecule has 0 radical (unpaired) electrons. The molecule has 0 aromatic heterocycles. The first-order chi connectivity index (χ1) is 14.6. The van der Waals surface area contributed by atoms with Gasteiger partial charge in [0.15, 0.2) is 11.5 Å². The highest BCUT2D eigenvalue weighted by atomic mass is 31.1. The molecule has 0 saturated heterocycles. The van der Waals surface area contributed by atoms with Crippen molar-refractivity contribution in [2.24, 2.45) is 0 Å². The average Bonchev–Trinajstić information content (AvgIpc) is 2.77. The minimum Gasteiger partial charge on any atom is -0.454 e. The number of hydrogen-bond acceptors (Lipinski definition) is 5. The zero-order chi connectivity index (χ0) is 20.9. The van der Waals surface area contributed by atoms with Crippen molar-refractivity contribution in [2.75, 3.05) is 11.5 Å². The van der Waals surface area contributed by atoms with Gasteiger partial charge in [0, 0.05) is 0 Å². The van der Waals surface area contributed by atoms with Gasteiger partial charge >= 0.3 is 0 Å². The lowest BCUT2D eigenvalue weighted by Crippen LogP contribution is -2.14. The number of hydrogen-bond donors (Lipinski definition) is 2. The summed E-state index contributed by atoms with van der Waals surface area (Å²) in [5.41, 5.74) is 13.2. The molecule has 0 saturated carbocycles. The Balaban J connectivity index is 1.76. The maximum absolute atomic E-state index is 13.7. The van der Waals surface area contributed by atoms with E-state index in [-0.39, 0.29) is 0 Å². The lowest BCUT2D eigenvalue weighted by molar-refractivity contribution is 0.487. The first kappa shape index (κ1) is 19.6. The van der Waals surface area contributed by atoms with E-state index in [1.807, 2.05) is 60.7 Å². The van der Waals surface area contributed by atoms with Gasteiger partial charge in [0.05, 0.1) is 22.0 Å². The van der Waals surface area contributed by atoms with Gasteiger partial charge in [0.2, 0.25) is 0 Å². The molecule has 0 aliphatic rings. The van der Waals surface area contributed by atoms with Crippen LogP contribution in [0, 0.1) is 0 Å². The van der Waals surface area contributed by atoms with E-state index in [1.54, 1.807) is 36.4 Å². The van der Waals surface area contributed by atoms with Gasteiger partial charge < -0.3 is 25.5 Å². The van der Waals surface area contributed by atoms with Crippen LogP contribution >= 0.6 is 7.80 Å². The Morgan fingerprint density at radius 2 is 0.933 bits per heavy atom. The van der Waals surface area contributed by atoms with E-state index < -0.39 is 7.80 Å². The Kier molecular flexibility index (Phi) is 5.73. The minimum atomic E-state index is -2.55. The van der Waals surface area contributed by atoms with Crippen molar-refractivity contribution in [1.82, 2.24) is 0 Å². The zero-order valence-corrected chi connectivity index (χ0v) is 17.1. The molecular weight excluding hydrogens is 395 g/mol. The van der Waals surface area contributed by atoms with Crippen LogP contribution in [-0.4, -0.2) is 0 Å². The van der Waals surface area contributed by atoms with Crippen LogP contribution in [0.15, 0.2) is 97.1 Å². The van der Waals surface area contributed by atoms with E-state index in [0.717, 1.165) is 0 Å². The number of ether oxygens (including phenoxy) is 2. The van der Waals surface area contributed by atoms with Gasteiger partial charge in [-0.25, -0.2) is 0 Å². The average molecular weight is 416 g/mol. The van der Waals surface area contributed by atoms with E-state index >= 15 is 0 Å². The van der Waals surface area contributed by atoms with Crippen LogP contribution in [0.2, 0.25) is 0 Å². The molecule has 6 heteroatoms. The van der Waals surface area contributed by atoms with Gasteiger partial charge in [-0.05, 0) is 48.5 Å². The highest BCUT2D eigenvalue weighted by Gasteiger charge is 2.21. The number of nitrogens with two attached hydrogens (primary N) is 2. The van der Waals surface area contributed by atoms with Crippen LogP contribution in [0.3, 0.4) is 0 Å². The fraction of sp³-hybridized carbons (Fsp3) is 0. The summed E-state index contributed by atoms with van der Waals surface area (Å²) in [6, 6.07) is 29.0. The molecule has 0 heterocycles. The first-order valence-electron chi connectivity index (χ1n) is 9.41. The van der Waals surface area contributed by atoms with Crippen molar-refractivity contribution < 1.29 is 14.0 Å². The van der Waals surface area contributed by atoms with E-state index in [4.69, 9.17) is 20.9 Å². The van der Waals surface area contributed by atoms with Gasteiger partial charge in [0.25, 0.3) is 0 Å². The molecule has 0 aliphatic carbocycles. The third-order valence-corrected chi connectivity index (χ3v) is 6.27. The van der Waals surface area contributed by atoms with Crippen LogP contribution < -0.4 is 31.6 Å². The molecule has 0 atom stereocenters. The lowest BCUT2D eigenvalue weighted by atomic mass is 10.3. The Bertz CT molecular complexity index is 1090. The van der Waals surface area contributed by atoms with E-state index in [2.05, 4.69) is 0 Å². The molecule has 0 spiro atoms. The highest BCUT2D eigenvalue weighted by Crippen LogP contribution is 2.38. The minimum absolute atomic E-state index is 0.376. The van der Waals surface area contributed by atoms with Gasteiger partial charge in [-0.15, -0.1) is 0 Å². The summed E-state index contributed by atoms with van der Waals surface area (Å²) < 4.78 is 25.7. The Hall–Kier alpha value is -3.69. The third-order valence-electron chi connectivity index (χ3n) is 4.51. The zero-order valence-electron chi connectivity index (χ0n) is 16.1. The standard InChI is InChI=1S/C24H21N2O3P/c25-19-13-7-15-21(23(19)28-17-9-3-1-4-10-17)30(27)22-16-8-14-20(26)24(22)29-18-11-5-2-6-12-18/h1-16,30H,25-26H2. The second-order valence-corrected chi connectivity index (χ2v) is 8.34. The summed E-state index contributed by atoms with van der Waals surface area (Å²) in [7, 11) is -2.55. The number of benzene rings is 4. The molecule has 4 N–H and O–H groups in total. The Morgan fingerprint density at radius 3 is 1.33 bits per heavy atom. The summed E-state index contributed by atoms with van der Waals surface area (Å²) in [5, 5.41) is 1.01. The normalized spacial score (nSPS) is 10.7. The second-order valence-electron chi connectivity index (χ2n) is 6.61. The predicted octanol–water partition coefficient (Wildman–Crippen LogP) is 4.95. The molecule has 0 bridgehead atoms. The van der Waals surface area contributed by atoms with Gasteiger partial charge in [-0.2, -0.15) is 0 Å². The van der Waals surface area contributed by atoms with Gasteiger partial charge in [-0.3, -0.25) is 0 Å². The summed E-state index contributed by atoms with van der Waals surface area (Å²) >= 11 is 0. The molecule has 0 amide bonds. The van der Waals surface area contributed by atoms with Crippen molar-refractivity contribution in [3.8, 4) is 23.0 Å². The molecule has 5 nitrogen and oxygen atoms in total. The molecule has 0 fully saturated rings. The van der Waals surface area contributed by atoms with Gasteiger partial charge in [0.1, 0.15) is 19.3 Å². The van der Waals surface area contributed by atoms with Crippen LogP contribution in [0.25, 0.3) is 0 Å². The van der Waals surface area contributed by atoms with Crippen molar-refractivity contribution in [3.63, 3.8) is 0 Å². The second kappa shape index (κ2) is 8.76. The van der Waals surface area contributed by atoms with E-state index in [0.29, 0.717) is 45.0 Å². The largest absolute Gasteiger partial charge is 0.454 e. The fourth-order valence-electron chi connectivity index (χ4n) is 3.05. The topological polar surface area (TPSA) is 87.6 Å². The molecular formula is C24H21N2O3P. The van der Waals surface area contributed by atoms with Crippen LogP contribution in [0.1, 0.15) is 0 Å². The quantitative estimate of drug-likeness (QED) is 0.343. The third kappa shape index (κ3) is 4.17. The highest BCUT2D eigenvalue weighted by molar-refractivity contribution is 7.62. The number of para-hydroxylation sites is 4. The van der Waals surface area contributed by atoms with E-state index in [1.165, 1.54) is 0 Å². The summed E-state index contributed by atoms with van der Waals surface area (Å²) in [5.74, 6) is 1.97. The molecule has 4 aromatic carbocycles. The van der Waals surface area contributed by atoms with Crippen molar-refractivity contribution in [3.05, 3.63) is 97.1 Å². The predicted molar refractivity (Wildman–Crippen MR) is 123 cm³/mol. The molecule has 4 aromatic rings. The maximum atomic E-state index is 13.7. The summed E-state index contributed by atoms with van der Waals surface area (Å²) in [6.07, 6.45) is 0. The van der Waals surface area contributed by atoms with Crippen molar-refractivity contribution in [1.29, 1.82) is 0 Å². The van der Waals surface area contributed by atoms with Crippen LogP contribution in [0.5, 0.6) is 23.0 Å². The monoisotopic (exact) mass is 416 g/mol. The molecule has 4 rings (SSSR count). The van der Waals surface area contributed by atoms with Crippen LogP contribution in [-0.2, 0) is 4.57 Å². The summed E-state index contributed by atoms with van der Waals surface area (Å²) in [6.45, 7) is 0. The fourth-order valence-corrected chi connectivity index (χ4v) is 4.64. The smallest absolute Gasteiger partial charge is 0.161 e. The Morgan fingerprint density at radius 1 is 0.533 bits per heavy atom. The molecule has 30 heavy (non-hydrogen) atoms. The van der Waals surface area contributed by atoms with Crippen molar-refractivity contribution in [2.45, 2.75) is 0 Å². The van der Waals surface area contributed by atoms with E-state index in [9.17, 15) is 4.57 Å². The molecule has 0 aliphatic heterocycles. The summed E-state index contributed by atoms with van der Waals surface area (Å²) in [4.78, 5) is 0. The maximum Gasteiger partial charge on any atom is 0.161 e. The lowest BCUT2D eigenvalue weighted by Gasteiger charge is -2.17. The van der Waals surface area contributed by atoms with Crippen LogP contribution in [0.4, 0.5) is 11.4 Å². The molecule has 0 unspecified atom stereocenters.